The molecule has 7 heteroatoms. The zero-order valence-electron chi connectivity index (χ0n) is 9.17. The normalized spacial score (nSPS) is 15.4. The summed E-state index contributed by atoms with van der Waals surface area (Å²) in [6, 6.07) is 4.24. The van der Waals surface area contributed by atoms with Gasteiger partial charge in [0.25, 0.3) is 5.91 Å². The monoisotopic (exact) mass is 252 g/mol. The van der Waals surface area contributed by atoms with Crippen molar-refractivity contribution >= 4 is 23.6 Å². The van der Waals surface area contributed by atoms with Crippen molar-refractivity contribution in [2.75, 3.05) is 18.0 Å². The highest BCUT2D eigenvalue weighted by atomic mass is 19.1. The van der Waals surface area contributed by atoms with Crippen molar-refractivity contribution in [3.05, 3.63) is 30.1 Å². The third-order valence-corrected chi connectivity index (χ3v) is 2.43. The van der Waals surface area contributed by atoms with Crippen LogP contribution in [0.3, 0.4) is 0 Å². The van der Waals surface area contributed by atoms with Crippen molar-refractivity contribution in [1.82, 2.24) is 4.90 Å². The van der Waals surface area contributed by atoms with Crippen LogP contribution in [0.15, 0.2) is 24.3 Å². The molecule has 1 aliphatic rings. The van der Waals surface area contributed by atoms with Gasteiger partial charge in [-0.15, -0.1) is 0 Å². The molecule has 0 spiro atoms. The highest BCUT2D eigenvalue weighted by Gasteiger charge is 2.38. The predicted molar refractivity (Wildman–Crippen MR) is 58.5 cm³/mol. The first-order chi connectivity index (χ1) is 8.49. The number of aliphatic carboxylic acids is 1. The smallest absolute Gasteiger partial charge is 0.332 e. The minimum atomic E-state index is -1.21. The lowest BCUT2D eigenvalue weighted by Gasteiger charge is -2.15. The number of amides is 3. The van der Waals surface area contributed by atoms with Gasteiger partial charge in [-0.3, -0.25) is 9.59 Å². The molecule has 1 N–H and O–H groups in total. The maximum absolute atomic E-state index is 13.0. The molecule has 0 aromatic heterocycles. The number of anilines is 1. The van der Waals surface area contributed by atoms with E-state index in [-0.39, 0.29) is 12.2 Å². The van der Waals surface area contributed by atoms with E-state index in [1.165, 1.54) is 18.2 Å². The zero-order chi connectivity index (χ0) is 13.3. The van der Waals surface area contributed by atoms with Gasteiger partial charge in [-0.05, 0) is 18.2 Å². The minimum Gasteiger partial charge on any atom is -0.480 e. The number of halogens is 1. The first kappa shape index (κ1) is 12.0. The number of nitrogens with zero attached hydrogens (tertiary/aromatic N) is 2. The lowest BCUT2D eigenvalue weighted by atomic mass is 10.3. The number of carbonyl (C=O) groups excluding carboxylic acids is 2. The predicted octanol–water partition coefficient (Wildman–Crippen LogP) is 0.679. The summed E-state index contributed by atoms with van der Waals surface area (Å²) in [5, 5.41) is 8.60. The SMILES string of the molecule is O=C(O)CN1CC(=O)N(c2cccc(F)c2)C1=O. The summed E-state index contributed by atoms with van der Waals surface area (Å²) in [6.07, 6.45) is 0. The van der Waals surface area contributed by atoms with Gasteiger partial charge in [0.2, 0.25) is 0 Å². The third kappa shape index (κ3) is 2.15. The number of urea groups is 1. The van der Waals surface area contributed by atoms with Crippen molar-refractivity contribution in [2.24, 2.45) is 0 Å². The Morgan fingerprint density at radius 1 is 1.39 bits per heavy atom. The molecule has 0 aliphatic carbocycles. The molecule has 0 bridgehead atoms. The van der Waals surface area contributed by atoms with Crippen LogP contribution in [-0.4, -0.2) is 41.0 Å². The van der Waals surface area contributed by atoms with E-state index in [1.54, 1.807) is 0 Å². The molecule has 3 amide bonds. The summed E-state index contributed by atoms with van der Waals surface area (Å²) >= 11 is 0. The van der Waals surface area contributed by atoms with Gasteiger partial charge in [0.05, 0.1) is 5.69 Å². The Labute approximate surface area is 101 Å². The van der Waals surface area contributed by atoms with Gasteiger partial charge in [0.15, 0.2) is 0 Å². The van der Waals surface area contributed by atoms with E-state index < -0.39 is 30.3 Å². The van der Waals surface area contributed by atoms with Crippen LogP contribution in [-0.2, 0) is 9.59 Å². The minimum absolute atomic E-state index is 0.0953. The summed E-state index contributed by atoms with van der Waals surface area (Å²) < 4.78 is 13.0. The van der Waals surface area contributed by atoms with Gasteiger partial charge >= 0.3 is 12.0 Å². The van der Waals surface area contributed by atoms with Gasteiger partial charge in [0.1, 0.15) is 18.9 Å². The van der Waals surface area contributed by atoms with E-state index in [0.29, 0.717) is 0 Å². The van der Waals surface area contributed by atoms with Crippen molar-refractivity contribution in [3.8, 4) is 0 Å². The lowest BCUT2D eigenvalue weighted by Crippen LogP contribution is -2.35. The summed E-state index contributed by atoms with van der Waals surface area (Å²) in [4.78, 5) is 35.6. The second-order valence-electron chi connectivity index (χ2n) is 3.74. The average Bonchev–Trinajstić information content (AvgIpc) is 2.53. The fourth-order valence-corrected chi connectivity index (χ4v) is 1.71. The summed E-state index contributed by atoms with van der Waals surface area (Å²) in [6.45, 7) is -0.877. The topological polar surface area (TPSA) is 77.9 Å². The molecule has 0 saturated carbocycles. The Morgan fingerprint density at radius 2 is 2.11 bits per heavy atom. The van der Waals surface area contributed by atoms with Crippen molar-refractivity contribution in [1.29, 1.82) is 0 Å². The maximum atomic E-state index is 13.0. The molecule has 6 nitrogen and oxygen atoms in total. The molecule has 0 atom stereocenters. The molecule has 0 radical (unpaired) electrons. The van der Waals surface area contributed by atoms with E-state index in [9.17, 15) is 18.8 Å². The number of hydrogen-bond donors (Lipinski definition) is 1. The van der Waals surface area contributed by atoms with Crippen LogP contribution >= 0.6 is 0 Å². The summed E-state index contributed by atoms with van der Waals surface area (Å²) in [7, 11) is 0. The maximum Gasteiger partial charge on any atom is 0.332 e. The van der Waals surface area contributed by atoms with Crippen LogP contribution in [0.2, 0.25) is 0 Å². The van der Waals surface area contributed by atoms with Crippen LogP contribution in [0.1, 0.15) is 0 Å². The molecular weight excluding hydrogens is 243 g/mol. The second kappa shape index (κ2) is 4.44. The van der Waals surface area contributed by atoms with Crippen molar-refractivity contribution in [3.63, 3.8) is 0 Å². The van der Waals surface area contributed by atoms with Gasteiger partial charge in [-0.1, -0.05) is 6.07 Å². The largest absolute Gasteiger partial charge is 0.480 e. The van der Waals surface area contributed by atoms with Gasteiger partial charge in [0, 0.05) is 0 Å². The van der Waals surface area contributed by atoms with E-state index in [0.717, 1.165) is 15.9 Å². The van der Waals surface area contributed by atoms with Gasteiger partial charge in [-0.2, -0.15) is 0 Å². The molecule has 1 aromatic rings. The molecule has 0 unspecified atom stereocenters. The molecular formula is C11H9FN2O4. The molecule has 18 heavy (non-hydrogen) atoms. The number of imide groups is 1. The number of carboxylic acid groups (broad SMARTS) is 1. The highest BCUT2D eigenvalue weighted by Crippen LogP contribution is 2.21. The Balaban J connectivity index is 2.27. The molecule has 1 saturated heterocycles. The number of carboxylic acids is 1. The lowest BCUT2D eigenvalue weighted by molar-refractivity contribution is -0.137. The molecule has 1 aromatic carbocycles. The van der Waals surface area contributed by atoms with E-state index in [2.05, 4.69) is 0 Å². The van der Waals surface area contributed by atoms with E-state index in [4.69, 9.17) is 5.11 Å². The summed E-state index contributed by atoms with van der Waals surface area (Å²) in [5.41, 5.74) is 0.0953. The van der Waals surface area contributed by atoms with Crippen LogP contribution in [0.4, 0.5) is 14.9 Å². The fourth-order valence-electron chi connectivity index (χ4n) is 1.71. The Kier molecular flexibility index (Phi) is 2.97. The van der Waals surface area contributed by atoms with Crippen LogP contribution in [0.5, 0.6) is 0 Å². The number of rotatable bonds is 3. The van der Waals surface area contributed by atoms with Crippen molar-refractivity contribution < 1.29 is 23.9 Å². The van der Waals surface area contributed by atoms with Gasteiger partial charge < -0.3 is 10.0 Å². The molecule has 2 rings (SSSR count). The Bertz CT molecular complexity index is 532. The Morgan fingerprint density at radius 3 is 2.72 bits per heavy atom. The highest BCUT2D eigenvalue weighted by molar-refractivity contribution is 6.20. The Hall–Kier alpha value is -2.44. The first-order valence-corrected chi connectivity index (χ1v) is 5.08. The van der Waals surface area contributed by atoms with E-state index in [1.807, 2.05) is 0 Å². The average molecular weight is 252 g/mol. The molecule has 1 heterocycles. The molecule has 1 aliphatic heterocycles. The summed E-state index contributed by atoms with van der Waals surface area (Å²) in [5.74, 6) is -2.37. The number of carbonyl (C=O) groups is 3. The van der Waals surface area contributed by atoms with Crippen LogP contribution in [0.25, 0.3) is 0 Å². The first-order valence-electron chi connectivity index (χ1n) is 5.08. The quantitative estimate of drug-likeness (QED) is 0.802. The molecule has 94 valence electrons. The number of hydrogen-bond acceptors (Lipinski definition) is 3. The van der Waals surface area contributed by atoms with Crippen LogP contribution in [0, 0.1) is 5.82 Å². The molecule has 1 fully saturated rings. The fraction of sp³-hybridized carbons (Fsp3) is 0.182. The van der Waals surface area contributed by atoms with E-state index >= 15 is 0 Å². The van der Waals surface area contributed by atoms with Gasteiger partial charge in [-0.25, -0.2) is 14.1 Å². The van der Waals surface area contributed by atoms with Crippen LogP contribution < -0.4 is 4.90 Å². The van der Waals surface area contributed by atoms with Crippen molar-refractivity contribution in [2.45, 2.75) is 0 Å². The zero-order valence-corrected chi connectivity index (χ0v) is 9.17. The standard InChI is InChI=1S/C11H9FN2O4/c12-7-2-1-3-8(4-7)14-9(15)5-13(11(14)18)6-10(16)17/h1-4H,5-6H2,(H,16,17). The second-order valence-corrected chi connectivity index (χ2v) is 3.74. The number of benzene rings is 1. The third-order valence-electron chi connectivity index (χ3n) is 2.43.